The first-order valence-electron chi connectivity index (χ1n) is 5.64. The van der Waals surface area contributed by atoms with Crippen LogP contribution in [0.5, 0.6) is 0 Å². The molecule has 0 rings (SSSR count). The van der Waals surface area contributed by atoms with E-state index in [9.17, 15) is 48.3 Å². The second-order valence-electron chi connectivity index (χ2n) is 4.83. The van der Waals surface area contributed by atoms with Gasteiger partial charge in [0.15, 0.2) is 0 Å². The summed E-state index contributed by atoms with van der Waals surface area (Å²) in [4.78, 5) is 1.21. The van der Waals surface area contributed by atoms with Crippen LogP contribution in [-0.2, 0) is 0 Å². The van der Waals surface area contributed by atoms with Crippen molar-refractivity contribution in [3.63, 3.8) is 0 Å². The maximum Gasteiger partial charge on any atom is 0.460 e. The quantitative estimate of drug-likeness (QED) is 0.611. The molecule has 0 heterocycles. The Balaban J connectivity index is 5.50. The molecule has 12 heteroatoms. The molecule has 0 saturated carbocycles. The smallest absolute Gasteiger partial charge is 0.309 e. The van der Waals surface area contributed by atoms with E-state index < -0.39 is 42.7 Å². The van der Waals surface area contributed by atoms with E-state index >= 15 is 0 Å². The Bertz CT molecular complexity index is 372. The van der Waals surface area contributed by atoms with Crippen LogP contribution in [0.15, 0.2) is 0 Å². The Morgan fingerprint density at radius 3 is 1.36 bits per heavy atom. The molecule has 0 aliphatic heterocycles. The Morgan fingerprint density at radius 1 is 0.636 bits per heavy atom. The van der Waals surface area contributed by atoms with Crippen LogP contribution in [0.25, 0.3) is 0 Å². The number of alkyl halides is 11. The van der Waals surface area contributed by atoms with E-state index in [1.54, 1.807) is 0 Å². The van der Waals surface area contributed by atoms with Gasteiger partial charge in [0.1, 0.15) is 0 Å². The van der Waals surface area contributed by atoms with Crippen LogP contribution < -0.4 is 0 Å². The molecular weight excluding hydrogens is 343 g/mol. The van der Waals surface area contributed by atoms with E-state index in [0.717, 1.165) is 0 Å². The lowest BCUT2D eigenvalue weighted by Crippen LogP contribution is -2.66. The van der Waals surface area contributed by atoms with Crippen LogP contribution in [0.4, 0.5) is 48.3 Å². The summed E-state index contributed by atoms with van der Waals surface area (Å²) in [6, 6.07) is 0. The van der Waals surface area contributed by atoms with Gasteiger partial charge in [0.2, 0.25) is 0 Å². The van der Waals surface area contributed by atoms with E-state index in [-0.39, 0.29) is 6.54 Å². The monoisotopic (exact) mass is 355 g/mol. The summed E-state index contributed by atoms with van der Waals surface area (Å²) in [7, 11) is 2.64. The molecule has 0 atom stereocenters. The molecule has 0 spiro atoms. The van der Waals surface area contributed by atoms with Crippen molar-refractivity contribution >= 4 is 0 Å². The van der Waals surface area contributed by atoms with Crippen molar-refractivity contribution < 1.29 is 48.3 Å². The topological polar surface area (TPSA) is 3.24 Å². The highest BCUT2D eigenvalue weighted by Gasteiger charge is 2.86. The number of nitrogens with zero attached hydrogens (tertiary/aromatic N) is 1. The molecule has 0 radical (unpaired) electrons. The van der Waals surface area contributed by atoms with E-state index in [0.29, 0.717) is 0 Å². The average Bonchev–Trinajstić information content (AvgIpc) is 2.25. The maximum atomic E-state index is 13.1. The van der Waals surface area contributed by atoms with Crippen LogP contribution in [0, 0.1) is 0 Å². The molecule has 134 valence electrons. The molecule has 1 nitrogen and oxygen atoms in total. The fourth-order valence-corrected chi connectivity index (χ4v) is 1.38. The number of halogens is 11. The third-order valence-corrected chi connectivity index (χ3v) is 2.70. The third kappa shape index (κ3) is 3.57. The average molecular weight is 355 g/mol. The van der Waals surface area contributed by atoms with Crippen molar-refractivity contribution in [2.45, 2.75) is 42.7 Å². The van der Waals surface area contributed by atoms with Crippen molar-refractivity contribution in [3.8, 4) is 0 Å². The van der Waals surface area contributed by atoms with Crippen molar-refractivity contribution in [2.75, 3.05) is 20.6 Å². The fourth-order valence-electron chi connectivity index (χ4n) is 1.38. The SMILES string of the molecule is CN(C)CCCC(F)(F)C(F)(F)C(F)(F)C(F)(F)C(F)(F)F. The van der Waals surface area contributed by atoms with E-state index in [1.807, 2.05) is 0 Å². The summed E-state index contributed by atoms with van der Waals surface area (Å²) in [5, 5.41) is 0. The molecule has 0 aliphatic rings. The Hall–Kier alpha value is -0.810. The number of rotatable bonds is 7. The Kier molecular flexibility index (Phi) is 5.78. The third-order valence-electron chi connectivity index (χ3n) is 2.70. The van der Waals surface area contributed by atoms with Crippen LogP contribution in [0.2, 0.25) is 0 Å². The molecule has 0 aromatic rings. The molecule has 0 unspecified atom stereocenters. The number of hydrogen-bond acceptors (Lipinski definition) is 1. The minimum Gasteiger partial charge on any atom is -0.309 e. The van der Waals surface area contributed by atoms with Crippen LogP contribution in [0.3, 0.4) is 0 Å². The molecule has 0 fully saturated rings. The highest BCUT2D eigenvalue weighted by Crippen LogP contribution is 2.58. The summed E-state index contributed by atoms with van der Waals surface area (Å²) in [6.45, 7) is -0.285. The minimum absolute atomic E-state index is 0.285. The molecule has 0 bridgehead atoms. The van der Waals surface area contributed by atoms with Crippen molar-refractivity contribution in [1.29, 1.82) is 0 Å². The van der Waals surface area contributed by atoms with Gasteiger partial charge in [-0.3, -0.25) is 0 Å². The van der Waals surface area contributed by atoms with Gasteiger partial charge in [-0.15, -0.1) is 0 Å². The second-order valence-corrected chi connectivity index (χ2v) is 4.83. The normalized spacial score (nSPS) is 15.5. The van der Waals surface area contributed by atoms with Crippen LogP contribution in [0.1, 0.15) is 12.8 Å². The van der Waals surface area contributed by atoms with Crippen molar-refractivity contribution in [2.24, 2.45) is 0 Å². The van der Waals surface area contributed by atoms with Crippen LogP contribution >= 0.6 is 0 Å². The van der Waals surface area contributed by atoms with Gasteiger partial charge >= 0.3 is 29.9 Å². The summed E-state index contributed by atoms with van der Waals surface area (Å²) in [6.07, 6.45) is -9.91. The van der Waals surface area contributed by atoms with Gasteiger partial charge in [0.25, 0.3) is 0 Å². The van der Waals surface area contributed by atoms with E-state index in [4.69, 9.17) is 0 Å². The molecule has 22 heavy (non-hydrogen) atoms. The lowest BCUT2D eigenvalue weighted by atomic mass is 9.95. The molecule has 0 aromatic heterocycles. The molecule has 0 aromatic carbocycles. The molecule has 0 aliphatic carbocycles. The summed E-state index contributed by atoms with van der Waals surface area (Å²) < 4.78 is 138. The van der Waals surface area contributed by atoms with Gasteiger partial charge in [-0.1, -0.05) is 0 Å². The van der Waals surface area contributed by atoms with Gasteiger partial charge in [0.05, 0.1) is 0 Å². The summed E-state index contributed by atoms with van der Waals surface area (Å²) in [5.41, 5.74) is 0. The summed E-state index contributed by atoms with van der Waals surface area (Å²) >= 11 is 0. The molecular formula is C10H12F11N. The first-order valence-corrected chi connectivity index (χ1v) is 5.64. The standard InChI is InChI=1S/C10H12F11N/c1-22(2)5-3-4-6(11,12)7(13,14)8(15,16)9(17,18)10(19,20)21/h3-5H2,1-2H3. The van der Waals surface area contributed by atoms with Gasteiger partial charge in [-0.2, -0.15) is 48.3 Å². The van der Waals surface area contributed by atoms with Crippen molar-refractivity contribution in [3.05, 3.63) is 0 Å². The largest absolute Gasteiger partial charge is 0.460 e. The highest BCUT2D eigenvalue weighted by molar-refractivity contribution is 5.06. The molecule has 0 N–H and O–H groups in total. The Labute approximate surface area is 118 Å². The second kappa shape index (κ2) is 6.00. The van der Waals surface area contributed by atoms with E-state index in [2.05, 4.69) is 0 Å². The first-order chi connectivity index (χ1) is 9.42. The molecule has 0 saturated heterocycles. The fraction of sp³-hybridized carbons (Fsp3) is 1.00. The van der Waals surface area contributed by atoms with Gasteiger partial charge in [0, 0.05) is 6.42 Å². The zero-order valence-corrected chi connectivity index (χ0v) is 11.2. The van der Waals surface area contributed by atoms with Gasteiger partial charge in [-0.25, -0.2) is 0 Å². The zero-order valence-electron chi connectivity index (χ0n) is 11.2. The lowest BCUT2D eigenvalue weighted by molar-refractivity contribution is -0.422. The summed E-state index contributed by atoms with van der Waals surface area (Å²) in [5.74, 6) is -27.2. The number of hydrogen-bond donors (Lipinski definition) is 0. The lowest BCUT2D eigenvalue weighted by Gasteiger charge is -2.37. The maximum absolute atomic E-state index is 13.1. The van der Waals surface area contributed by atoms with E-state index in [1.165, 1.54) is 19.0 Å². The highest BCUT2D eigenvalue weighted by atomic mass is 19.4. The first kappa shape index (κ1) is 21.2. The van der Waals surface area contributed by atoms with Gasteiger partial charge < -0.3 is 4.90 Å². The van der Waals surface area contributed by atoms with Gasteiger partial charge in [-0.05, 0) is 27.1 Å². The Morgan fingerprint density at radius 2 is 1.05 bits per heavy atom. The molecule has 0 amide bonds. The zero-order chi connectivity index (χ0) is 18.2. The predicted molar refractivity (Wildman–Crippen MR) is 53.6 cm³/mol. The van der Waals surface area contributed by atoms with Crippen molar-refractivity contribution in [1.82, 2.24) is 4.90 Å². The van der Waals surface area contributed by atoms with Crippen LogP contribution in [-0.4, -0.2) is 55.4 Å². The predicted octanol–water partition coefficient (Wildman–Crippen LogP) is 4.43. The minimum atomic E-state index is -7.31.